The van der Waals surface area contributed by atoms with Gasteiger partial charge in [-0.1, -0.05) is 42.0 Å². The summed E-state index contributed by atoms with van der Waals surface area (Å²) in [4.78, 5) is 28.1. The van der Waals surface area contributed by atoms with E-state index >= 15 is 0 Å². The highest BCUT2D eigenvalue weighted by atomic mass is 16.5. The minimum Gasteiger partial charge on any atom is -0.494 e. The number of aliphatic hydroxyl groups is 1. The third-order valence-corrected chi connectivity index (χ3v) is 5.98. The summed E-state index contributed by atoms with van der Waals surface area (Å²) in [5, 5.41) is 11.5. The SMILES string of the molecule is CCOc1ccc(C(=O)CC2(O)C(=O)N(Cc3cc(C)ccc3C)c3ccccc32)cc1. The van der Waals surface area contributed by atoms with E-state index in [4.69, 9.17) is 4.74 Å². The third kappa shape index (κ3) is 3.92. The van der Waals surface area contributed by atoms with Gasteiger partial charge in [-0.3, -0.25) is 9.59 Å². The van der Waals surface area contributed by atoms with Crippen LogP contribution in [0.2, 0.25) is 0 Å². The van der Waals surface area contributed by atoms with Gasteiger partial charge in [0.05, 0.1) is 25.3 Å². The van der Waals surface area contributed by atoms with E-state index in [-0.39, 0.29) is 12.2 Å². The first kappa shape index (κ1) is 21.8. The number of hydrogen-bond donors (Lipinski definition) is 1. The molecule has 3 aromatic rings. The lowest BCUT2D eigenvalue weighted by Gasteiger charge is -2.23. The Balaban J connectivity index is 1.64. The van der Waals surface area contributed by atoms with Crippen LogP contribution in [0.4, 0.5) is 5.69 Å². The van der Waals surface area contributed by atoms with E-state index < -0.39 is 11.5 Å². The molecule has 0 spiro atoms. The molecule has 1 atom stereocenters. The summed E-state index contributed by atoms with van der Waals surface area (Å²) in [5.74, 6) is -0.101. The van der Waals surface area contributed by atoms with Gasteiger partial charge in [-0.25, -0.2) is 0 Å². The number of anilines is 1. The third-order valence-electron chi connectivity index (χ3n) is 5.98. The van der Waals surface area contributed by atoms with E-state index in [1.54, 1.807) is 41.3 Å². The second kappa shape index (κ2) is 8.60. The van der Waals surface area contributed by atoms with E-state index in [9.17, 15) is 14.7 Å². The molecule has 1 heterocycles. The van der Waals surface area contributed by atoms with Gasteiger partial charge in [-0.2, -0.15) is 0 Å². The predicted molar refractivity (Wildman–Crippen MR) is 124 cm³/mol. The molecule has 0 saturated carbocycles. The zero-order valence-electron chi connectivity index (χ0n) is 18.6. The molecule has 1 amide bonds. The maximum atomic E-state index is 13.5. The lowest BCUT2D eigenvalue weighted by molar-refractivity contribution is -0.136. The van der Waals surface area contributed by atoms with Crippen LogP contribution in [0.25, 0.3) is 0 Å². The standard InChI is InChI=1S/C27H27NO4/c1-4-32-22-13-11-20(12-14-22)25(29)16-27(31)23-7-5-6-8-24(23)28(26(27)30)17-21-15-18(2)9-10-19(21)3/h5-15,31H,4,16-17H2,1-3H3. The van der Waals surface area contributed by atoms with Crippen molar-refractivity contribution in [2.24, 2.45) is 0 Å². The van der Waals surface area contributed by atoms with Crippen molar-refractivity contribution in [2.75, 3.05) is 11.5 Å². The van der Waals surface area contributed by atoms with E-state index in [1.807, 2.05) is 51.1 Å². The first-order valence-electron chi connectivity index (χ1n) is 10.8. The van der Waals surface area contributed by atoms with Crippen LogP contribution >= 0.6 is 0 Å². The summed E-state index contributed by atoms with van der Waals surface area (Å²) < 4.78 is 5.42. The van der Waals surface area contributed by atoms with Crippen LogP contribution in [-0.2, 0) is 16.9 Å². The molecule has 1 N–H and O–H groups in total. The number of ketones is 1. The molecule has 1 aliphatic rings. The number of carbonyl (C=O) groups is 2. The number of hydrogen-bond acceptors (Lipinski definition) is 4. The molecule has 164 valence electrons. The summed E-state index contributed by atoms with van der Waals surface area (Å²) in [6, 6.07) is 20.0. The largest absolute Gasteiger partial charge is 0.494 e. The topological polar surface area (TPSA) is 66.8 Å². The second-order valence-corrected chi connectivity index (χ2v) is 8.26. The van der Waals surface area contributed by atoms with Crippen molar-refractivity contribution in [3.05, 3.63) is 94.5 Å². The first-order chi connectivity index (χ1) is 15.3. The maximum Gasteiger partial charge on any atom is 0.264 e. The van der Waals surface area contributed by atoms with Crippen LogP contribution < -0.4 is 9.64 Å². The van der Waals surface area contributed by atoms with Gasteiger partial charge in [0.2, 0.25) is 0 Å². The van der Waals surface area contributed by atoms with Gasteiger partial charge in [-0.05, 0) is 62.2 Å². The number of aryl methyl sites for hydroxylation is 2. The number of benzene rings is 3. The fourth-order valence-corrected chi connectivity index (χ4v) is 4.21. The van der Waals surface area contributed by atoms with Gasteiger partial charge in [-0.15, -0.1) is 0 Å². The Morgan fingerprint density at radius 1 is 1.03 bits per heavy atom. The lowest BCUT2D eigenvalue weighted by atomic mass is 9.88. The van der Waals surface area contributed by atoms with Crippen LogP contribution in [0.3, 0.4) is 0 Å². The Hall–Kier alpha value is -3.44. The Morgan fingerprint density at radius 2 is 1.75 bits per heavy atom. The van der Waals surface area contributed by atoms with Crippen molar-refractivity contribution in [2.45, 2.75) is 39.3 Å². The monoisotopic (exact) mass is 429 g/mol. The van der Waals surface area contributed by atoms with Crippen molar-refractivity contribution in [1.29, 1.82) is 0 Å². The molecule has 4 rings (SSSR count). The maximum absolute atomic E-state index is 13.5. The molecule has 0 radical (unpaired) electrons. The lowest BCUT2D eigenvalue weighted by Crippen LogP contribution is -2.41. The summed E-state index contributed by atoms with van der Waals surface area (Å²) >= 11 is 0. The van der Waals surface area contributed by atoms with Crippen molar-refractivity contribution in [1.82, 2.24) is 0 Å². The summed E-state index contributed by atoms with van der Waals surface area (Å²) in [6.45, 7) is 6.77. The average Bonchev–Trinajstić information content (AvgIpc) is 2.99. The highest BCUT2D eigenvalue weighted by Crippen LogP contribution is 2.43. The van der Waals surface area contributed by atoms with Gasteiger partial charge >= 0.3 is 0 Å². The van der Waals surface area contributed by atoms with E-state index in [0.29, 0.717) is 35.7 Å². The molecule has 1 unspecified atom stereocenters. The first-order valence-corrected chi connectivity index (χ1v) is 10.8. The van der Waals surface area contributed by atoms with Gasteiger partial charge in [0, 0.05) is 11.1 Å². The number of ether oxygens (including phenoxy) is 1. The number of rotatable bonds is 7. The molecule has 0 aliphatic carbocycles. The number of Topliss-reactive ketones (excluding diaryl/α,β-unsaturated/α-hetero) is 1. The molecule has 0 saturated heterocycles. The Kier molecular flexibility index (Phi) is 5.85. The average molecular weight is 430 g/mol. The van der Waals surface area contributed by atoms with Crippen LogP contribution in [0, 0.1) is 13.8 Å². The molecule has 3 aromatic carbocycles. The number of nitrogens with zero attached hydrogens (tertiary/aromatic N) is 1. The number of fused-ring (bicyclic) bond motifs is 1. The highest BCUT2D eigenvalue weighted by Gasteiger charge is 2.50. The van der Waals surface area contributed by atoms with Crippen LogP contribution in [0.5, 0.6) is 5.75 Å². The number of amides is 1. The van der Waals surface area contributed by atoms with E-state index in [2.05, 4.69) is 0 Å². The molecule has 5 heteroatoms. The van der Waals surface area contributed by atoms with Gasteiger partial charge in [0.15, 0.2) is 11.4 Å². The van der Waals surface area contributed by atoms with Crippen molar-refractivity contribution in [3.63, 3.8) is 0 Å². The van der Waals surface area contributed by atoms with Crippen molar-refractivity contribution in [3.8, 4) is 5.75 Å². The van der Waals surface area contributed by atoms with Gasteiger partial charge in [0.25, 0.3) is 5.91 Å². The van der Waals surface area contributed by atoms with E-state index in [1.165, 1.54) is 0 Å². The Bertz CT molecular complexity index is 1170. The molecule has 32 heavy (non-hydrogen) atoms. The second-order valence-electron chi connectivity index (χ2n) is 8.26. The molecule has 5 nitrogen and oxygen atoms in total. The van der Waals surface area contributed by atoms with Crippen LogP contribution in [-0.4, -0.2) is 23.4 Å². The van der Waals surface area contributed by atoms with Gasteiger partial charge in [0.1, 0.15) is 5.75 Å². The zero-order chi connectivity index (χ0) is 22.9. The number of carbonyl (C=O) groups excluding carboxylic acids is 2. The summed E-state index contributed by atoms with van der Waals surface area (Å²) in [5.41, 5.74) is 2.82. The van der Waals surface area contributed by atoms with Gasteiger partial charge < -0.3 is 14.7 Å². The molecular weight excluding hydrogens is 402 g/mol. The summed E-state index contributed by atoms with van der Waals surface area (Å²) in [7, 11) is 0. The van der Waals surface area contributed by atoms with Crippen molar-refractivity contribution >= 4 is 17.4 Å². The van der Waals surface area contributed by atoms with Crippen molar-refractivity contribution < 1.29 is 19.4 Å². The Labute approximate surface area is 188 Å². The fraction of sp³-hybridized carbons (Fsp3) is 0.259. The van der Waals surface area contributed by atoms with E-state index in [0.717, 1.165) is 16.7 Å². The molecule has 0 fully saturated rings. The van der Waals surface area contributed by atoms with Crippen LogP contribution in [0.15, 0.2) is 66.7 Å². The molecule has 0 aromatic heterocycles. The molecule has 0 bridgehead atoms. The fourth-order valence-electron chi connectivity index (χ4n) is 4.21. The van der Waals surface area contributed by atoms with Crippen LogP contribution in [0.1, 0.15) is 46.0 Å². The summed E-state index contributed by atoms with van der Waals surface area (Å²) in [6.07, 6.45) is -0.319. The quantitative estimate of drug-likeness (QED) is 0.553. The predicted octanol–water partition coefficient (Wildman–Crippen LogP) is 4.71. The minimum absolute atomic E-state index is 0.299. The Morgan fingerprint density at radius 3 is 2.47 bits per heavy atom. The molecule has 1 aliphatic heterocycles. The zero-order valence-corrected chi connectivity index (χ0v) is 18.6. The minimum atomic E-state index is -1.90. The highest BCUT2D eigenvalue weighted by molar-refractivity contribution is 6.10. The smallest absolute Gasteiger partial charge is 0.264 e. The number of para-hydroxylation sites is 1. The normalized spacial score (nSPS) is 17.4. The molecular formula is C27H27NO4.